The van der Waals surface area contributed by atoms with Crippen LogP contribution in [0.4, 0.5) is 0 Å². The lowest BCUT2D eigenvalue weighted by Crippen LogP contribution is -2.18. The number of benzene rings is 2. The summed E-state index contributed by atoms with van der Waals surface area (Å²) >= 11 is 11.7. The maximum absolute atomic E-state index is 11.6. The molecule has 4 nitrogen and oxygen atoms in total. The fourth-order valence-electron chi connectivity index (χ4n) is 1.89. The van der Waals surface area contributed by atoms with Crippen LogP contribution >= 0.6 is 23.2 Å². The quantitative estimate of drug-likeness (QED) is 0.528. The van der Waals surface area contributed by atoms with Gasteiger partial charge in [0.15, 0.2) is 6.61 Å². The van der Waals surface area contributed by atoms with Gasteiger partial charge in [-0.1, -0.05) is 29.3 Å². The Hall–Kier alpha value is -1.91. The largest absolute Gasteiger partial charge is 0.490 e. The summed E-state index contributed by atoms with van der Waals surface area (Å²) in [7, 11) is 0. The Morgan fingerprint density at radius 3 is 2.46 bits per heavy atom. The van der Waals surface area contributed by atoms with Gasteiger partial charge in [-0.15, -0.1) is 0 Å². The molecular formula is C18H18Cl2O4. The van der Waals surface area contributed by atoms with Crippen molar-refractivity contribution in [1.29, 1.82) is 0 Å². The number of halogens is 2. The van der Waals surface area contributed by atoms with E-state index in [9.17, 15) is 4.79 Å². The van der Waals surface area contributed by atoms with Crippen molar-refractivity contribution in [3.05, 3.63) is 57.6 Å². The van der Waals surface area contributed by atoms with Gasteiger partial charge >= 0.3 is 5.97 Å². The van der Waals surface area contributed by atoms with Gasteiger partial charge in [0.25, 0.3) is 0 Å². The Balaban J connectivity index is 1.68. The van der Waals surface area contributed by atoms with E-state index < -0.39 is 5.97 Å². The minimum Gasteiger partial charge on any atom is -0.490 e. The molecule has 2 aromatic carbocycles. The molecule has 2 aromatic rings. The standard InChI is InChI=1S/C18H18Cl2O4/c1-12-3-5-15(9-13(12)2)22-7-8-23-18(21)11-24-17-6-4-14(19)10-16(17)20/h3-6,9-10H,7-8,11H2,1-2H3. The SMILES string of the molecule is Cc1ccc(OCCOC(=O)COc2ccc(Cl)cc2Cl)cc1C. The Morgan fingerprint density at radius 2 is 1.75 bits per heavy atom. The highest BCUT2D eigenvalue weighted by atomic mass is 35.5. The van der Waals surface area contributed by atoms with Gasteiger partial charge in [-0.3, -0.25) is 0 Å². The van der Waals surface area contributed by atoms with Crippen LogP contribution in [-0.4, -0.2) is 25.8 Å². The first kappa shape index (κ1) is 18.4. The van der Waals surface area contributed by atoms with Gasteiger partial charge in [-0.25, -0.2) is 4.79 Å². The molecular weight excluding hydrogens is 351 g/mol. The zero-order valence-corrected chi connectivity index (χ0v) is 15.0. The van der Waals surface area contributed by atoms with Crippen molar-refractivity contribution in [2.45, 2.75) is 13.8 Å². The molecule has 0 heterocycles. The van der Waals surface area contributed by atoms with Crippen molar-refractivity contribution in [2.24, 2.45) is 0 Å². The number of aryl methyl sites for hydroxylation is 2. The summed E-state index contributed by atoms with van der Waals surface area (Å²) in [6, 6.07) is 10.6. The maximum atomic E-state index is 11.6. The third-order valence-corrected chi connectivity index (χ3v) is 3.86. The second-order valence-corrected chi connectivity index (χ2v) is 6.02. The summed E-state index contributed by atoms with van der Waals surface area (Å²) in [5, 5.41) is 0.840. The van der Waals surface area contributed by atoms with Gasteiger partial charge in [0, 0.05) is 5.02 Å². The van der Waals surface area contributed by atoms with Crippen LogP contribution in [0.3, 0.4) is 0 Å². The van der Waals surface area contributed by atoms with Crippen LogP contribution in [0.5, 0.6) is 11.5 Å². The molecule has 0 radical (unpaired) electrons. The minimum absolute atomic E-state index is 0.142. The highest BCUT2D eigenvalue weighted by molar-refractivity contribution is 6.35. The van der Waals surface area contributed by atoms with E-state index >= 15 is 0 Å². The molecule has 0 aliphatic rings. The van der Waals surface area contributed by atoms with Crippen LogP contribution in [-0.2, 0) is 9.53 Å². The zero-order chi connectivity index (χ0) is 17.5. The Kier molecular flexibility index (Phi) is 6.76. The van der Waals surface area contributed by atoms with Gasteiger partial charge in [0.05, 0.1) is 5.02 Å². The third kappa shape index (κ3) is 5.62. The summed E-state index contributed by atoms with van der Waals surface area (Å²) in [5.41, 5.74) is 2.35. The highest BCUT2D eigenvalue weighted by Crippen LogP contribution is 2.27. The molecule has 0 spiro atoms. The molecule has 0 aliphatic carbocycles. The molecule has 0 N–H and O–H groups in total. The van der Waals surface area contributed by atoms with E-state index in [1.54, 1.807) is 18.2 Å². The van der Waals surface area contributed by atoms with Gasteiger partial charge in [-0.2, -0.15) is 0 Å². The molecule has 0 amide bonds. The van der Waals surface area contributed by atoms with Gasteiger partial charge < -0.3 is 14.2 Å². The normalized spacial score (nSPS) is 10.3. The average molecular weight is 369 g/mol. The summed E-state index contributed by atoms with van der Waals surface area (Å²) < 4.78 is 15.9. The first-order chi connectivity index (χ1) is 11.5. The van der Waals surface area contributed by atoms with Crippen LogP contribution in [0.2, 0.25) is 10.0 Å². The summed E-state index contributed by atoms with van der Waals surface area (Å²) in [5.74, 6) is 0.632. The highest BCUT2D eigenvalue weighted by Gasteiger charge is 2.08. The number of carbonyl (C=O) groups excluding carboxylic acids is 1. The van der Waals surface area contributed by atoms with Gasteiger partial charge in [-0.05, 0) is 55.3 Å². The predicted molar refractivity (Wildman–Crippen MR) is 94.3 cm³/mol. The average Bonchev–Trinajstić information content (AvgIpc) is 2.54. The van der Waals surface area contributed by atoms with Crippen molar-refractivity contribution >= 4 is 29.2 Å². The molecule has 24 heavy (non-hydrogen) atoms. The van der Waals surface area contributed by atoms with Gasteiger partial charge in [0.1, 0.15) is 24.7 Å². The third-order valence-electron chi connectivity index (χ3n) is 3.33. The molecule has 6 heteroatoms. The Bertz CT molecular complexity index is 716. The molecule has 128 valence electrons. The molecule has 0 fully saturated rings. The number of ether oxygens (including phenoxy) is 3. The van der Waals surface area contributed by atoms with E-state index in [1.165, 1.54) is 5.56 Å². The zero-order valence-electron chi connectivity index (χ0n) is 13.5. The lowest BCUT2D eigenvalue weighted by Gasteiger charge is -2.10. The lowest BCUT2D eigenvalue weighted by molar-refractivity contribution is -0.146. The molecule has 0 unspecified atom stereocenters. The monoisotopic (exact) mass is 368 g/mol. The number of hydrogen-bond donors (Lipinski definition) is 0. The first-order valence-electron chi connectivity index (χ1n) is 7.39. The second-order valence-electron chi connectivity index (χ2n) is 5.18. The topological polar surface area (TPSA) is 44.8 Å². The molecule has 0 aliphatic heterocycles. The smallest absolute Gasteiger partial charge is 0.344 e. The summed E-state index contributed by atoms with van der Waals surface area (Å²) in [6.07, 6.45) is 0. The van der Waals surface area contributed by atoms with Crippen molar-refractivity contribution in [3.63, 3.8) is 0 Å². The first-order valence-corrected chi connectivity index (χ1v) is 8.15. The van der Waals surface area contributed by atoms with Crippen molar-refractivity contribution in [2.75, 3.05) is 19.8 Å². The van der Waals surface area contributed by atoms with E-state index in [4.69, 9.17) is 37.4 Å². The lowest BCUT2D eigenvalue weighted by atomic mass is 10.1. The minimum atomic E-state index is -0.496. The fraction of sp³-hybridized carbons (Fsp3) is 0.278. The van der Waals surface area contributed by atoms with Crippen LogP contribution in [0, 0.1) is 13.8 Å². The van der Waals surface area contributed by atoms with E-state index in [0.29, 0.717) is 15.8 Å². The molecule has 0 saturated carbocycles. The molecule has 0 aromatic heterocycles. The maximum Gasteiger partial charge on any atom is 0.344 e. The van der Waals surface area contributed by atoms with Crippen LogP contribution in [0.1, 0.15) is 11.1 Å². The Morgan fingerprint density at radius 1 is 0.958 bits per heavy atom. The Labute approximate surface area is 151 Å². The predicted octanol–water partition coefficient (Wildman–Crippen LogP) is 4.61. The number of hydrogen-bond acceptors (Lipinski definition) is 4. The van der Waals surface area contributed by atoms with Crippen LogP contribution in [0.15, 0.2) is 36.4 Å². The molecule has 0 atom stereocenters. The summed E-state index contributed by atoms with van der Waals surface area (Å²) in [6.45, 7) is 4.24. The summed E-state index contributed by atoms with van der Waals surface area (Å²) in [4.78, 5) is 11.6. The van der Waals surface area contributed by atoms with Gasteiger partial charge in [0.2, 0.25) is 0 Å². The van der Waals surface area contributed by atoms with E-state index in [-0.39, 0.29) is 19.8 Å². The van der Waals surface area contributed by atoms with Crippen molar-refractivity contribution < 1.29 is 19.0 Å². The molecule has 2 rings (SSSR count). The van der Waals surface area contributed by atoms with E-state index in [0.717, 1.165) is 11.3 Å². The number of carbonyl (C=O) groups is 1. The molecule has 0 saturated heterocycles. The van der Waals surface area contributed by atoms with E-state index in [1.807, 2.05) is 32.0 Å². The second kappa shape index (κ2) is 8.81. The molecule has 0 bridgehead atoms. The van der Waals surface area contributed by atoms with Crippen molar-refractivity contribution in [1.82, 2.24) is 0 Å². The van der Waals surface area contributed by atoms with E-state index in [2.05, 4.69) is 0 Å². The number of esters is 1. The van der Waals surface area contributed by atoms with Crippen LogP contribution < -0.4 is 9.47 Å². The number of rotatable bonds is 7. The van der Waals surface area contributed by atoms with Crippen LogP contribution in [0.25, 0.3) is 0 Å². The van der Waals surface area contributed by atoms with Crippen molar-refractivity contribution in [3.8, 4) is 11.5 Å². The fourth-order valence-corrected chi connectivity index (χ4v) is 2.35.